The number of carbonyl (C=O) groups is 4. The van der Waals surface area contributed by atoms with E-state index in [4.69, 9.17) is 15.6 Å². The molecule has 0 bridgehead atoms. The molecule has 0 saturated carbocycles. The van der Waals surface area contributed by atoms with Gasteiger partial charge in [-0.15, -0.1) is 0 Å². The Hall–Kier alpha value is -6.67. The third-order valence-corrected chi connectivity index (χ3v) is 10.4. The van der Waals surface area contributed by atoms with Crippen molar-refractivity contribution in [1.82, 2.24) is 39.4 Å². The summed E-state index contributed by atoms with van der Waals surface area (Å²) in [6.45, 7) is 2.44. The largest absolute Gasteiger partial charge is 0.457 e. The molecular formula is C40H35N9O5. The van der Waals surface area contributed by atoms with Crippen LogP contribution in [-0.4, -0.2) is 76.9 Å². The van der Waals surface area contributed by atoms with Crippen LogP contribution >= 0.6 is 0 Å². The highest BCUT2D eigenvalue weighted by molar-refractivity contribution is 6.23. The Labute approximate surface area is 309 Å². The Balaban J connectivity index is 0.869. The minimum absolute atomic E-state index is 0.0750. The lowest BCUT2D eigenvalue weighted by Gasteiger charge is -2.32. The van der Waals surface area contributed by atoms with E-state index in [1.54, 1.807) is 18.2 Å². The second kappa shape index (κ2) is 13.4. The summed E-state index contributed by atoms with van der Waals surface area (Å²) in [6, 6.07) is 23.7. The van der Waals surface area contributed by atoms with Gasteiger partial charge in [0.15, 0.2) is 5.65 Å². The molecule has 2 saturated heterocycles. The number of piperidine rings is 2. The van der Waals surface area contributed by atoms with E-state index >= 15 is 0 Å². The molecule has 2 fully saturated rings. The molecule has 1 unspecified atom stereocenters. The molecule has 3 aromatic carbocycles. The first-order valence-corrected chi connectivity index (χ1v) is 17.9. The van der Waals surface area contributed by atoms with Crippen molar-refractivity contribution < 1.29 is 23.9 Å². The van der Waals surface area contributed by atoms with Gasteiger partial charge >= 0.3 is 0 Å². The molecule has 3 aliphatic rings. The highest BCUT2D eigenvalue weighted by atomic mass is 16.5. The molecule has 3 aromatic heterocycles. The molecule has 4 amide bonds. The number of rotatable bonds is 8. The Kier molecular flexibility index (Phi) is 8.23. The second-order valence-corrected chi connectivity index (χ2v) is 13.8. The first-order chi connectivity index (χ1) is 26.3. The molecule has 54 heavy (non-hydrogen) atoms. The molecule has 0 radical (unpaired) electrons. The van der Waals surface area contributed by atoms with Gasteiger partial charge in [0.2, 0.25) is 11.8 Å². The van der Waals surface area contributed by atoms with Crippen LogP contribution in [0, 0.1) is 0 Å². The quantitative estimate of drug-likeness (QED) is 0.206. The van der Waals surface area contributed by atoms with Gasteiger partial charge < -0.3 is 15.0 Å². The number of hydrogen-bond donors (Lipinski definition) is 2. The van der Waals surface area contributed by atoms with Gasteiger partial charge in [-0.3, -0.25) is 34.3 Å². The number of ether oxygens (including phenoxy) is 1. The molecule has 14 nitrogen and oxygen atoms in total. The van der Waals surface area contributed by atoms with Gasteiger partial charge in [0.05, 0.1) is 22.6 Å². The summed E-state index contributed by atoms with van der Waals surface area (Å²) in [7, 11) is 0. The molecule has 3 N–H and O–H groups in total. The standard InChI is InChI=1S/C40H35N9O5/c41-36-34-35(25-6-9-29(10-7-25)54-28-4-2-1-3-5-28)45-49(37(34)43-23-42-36)26-15-17-46(18-16-26)21-24-14-19-47(22-24)27-8-11-30-31(20-27)40(53)48(39(30)52)32-12-13-33(50)44-38(32)51/h1-11,14,19-20,22-23,26,32H,12-13,15-18,21H2,(H2,41,42,43)(H,44,50,51). The summed E-state index contributed by atoms with van der Waals surface area (Å²) in [5.41, 5.74) is 11.1. The molecule has 9 rings (SSSR count). The molecule has 6 aromatic rings. The maximum atomic E-state index is 13.3. The smallest absolute Gasteiger partial charge is 0.262 e. The van der Waals surface area contributed by atoms with Gasteiger partial charge in [0, 0.05) is 49.7 Å². The van der Waals surface area contributed by atoms with Crippen molar-refractivity contribution in [2.45, 2.75) is 44.3 Å². The average molecular weight is 722 g/mol. The van der Waals surface area contributed by atoms with E-state index in [1.165, 1.54) is 6.33 Å². The number of benzene rings is 3. The summed E-state index contributed by atoms with van der Waals surface area (Å²) in [4.78, 5) is 62.8. The normalized spacial score (nSPS) is 18.0. The third kappa shape index (κ3) is 5.95. The van der Waals surface area contributed by atoms with Gasteiger partial charge in [0.25, 0.3) is 11.8 Å². The fourth-order valence-electron chi connectivity index (χ4n) is 7.65. The van der Waals surface area contributed by atoms with E-state index in [9.17, 15) is 19.2 Å². The van der Waals surface area contributed by atoms with E-state index in [0.717, 1.165) is 76.8 Å². The Morgan fingerprint density at radius 3 is 2.37 bits per heavy atom. The Morgan fingerprint density at radius 2 is 1.59 bits per heavy atom. The zero-order valence-electron chi connectivity index (χ0n) is 29.1. The van der Waals surface area contributed by atoms with Crippen LogP contribution < -0.4 is 15.8 Å². The fourth-order valence-corrected chi connectivity index (χ4v) is 7.65. The lowest BCUT2D eigenvalue weighted by molar-refractivity contribution is -0.136. The van der Waals surface area contributed by atoms with Crippen molar-refractivity contribution in [2.75, 3.05) is 18.8 Å². The van der Waals surface area contributed by atoms with Crippen molar-refractivity contribution in [3.8, 4) is 28.4 Å². The molecule has 1 atom stereocenters. The SMILES string of the molecule is Nc1ncnc2c1c(-c1ccc(Oc3ccccc3)cc1)nn2C1CCN(Cc2ccn(-c3ccc4c(c3)C(=O)N(C3CCC(=O)NC3=O)C4=O)c2)CC1. The van der Waals surface area contributed by atoms with Crippen LogP contribution in [0.1, 0.15) is 58.0 Å². The highest BCUT2D eigenvalue weighted by Crippen LogP contribution is 2.36. The van der Waals surface area contributed by atoms with Crippen molar-refractivity contribution in [2.24, 2.45) is 0 Å². The average Bonchev–Trinajstić information content (AvgIpc) is 3.88. The molecule has 6 heterocycles. The topological polar surface area (TPSA) is 171 Å². The third-order valence-electron chi connectivity index (χ3n) is 10.4. The zero-order valence-corrected chi connectivity index (χ0v) is 29.1. The number of nitrogens with two attached hydrogens (primary N) is 1. The van der Waals surface area contributed by atoms with Gasteiger partial charge in [-0.25, -0.2) is 14.6 Å². The minimum Gasteiger partial charge on any atom is -0.457 e. The number of amides is 4. The predicted molar refractivity (Wildman–Crippen MR) is 198 cm³/mol. The van der Waals surface area contributed by atoms with Gasteiger partial charge in [-0.1, -0.05) is 18.2 Å². The molecular weight excluding hydrogens is 686 g/mol. The summed E-state index contributed by atoms with van der Waals surface area (Å²) in [5.74, 6) is -0.212. The molecule has 14 heteroatoms. The highest BCUT2D eigenvalue weighted by Gasteiger charge is 2.44. The van der Waals surface area contributed by atoms with Crippen LogP contribution in [0.2, 0.25) is 0 Å². The van der Waals surface area contributed by atoms with Gasteiger partial charge in [-0.2, -0.15) is 5.10 Å². The van der Waals surface area contributed by atoms with Crippen LogP contribution in [0.25, 0.3) is 28.0 Å². The van der Waals surface area contributed by atoms with Crippen molar-refractivity contribution in [3.63, 3.8) is 0 Å². The molecule has 0 aliphatic carbocycles. The molecule has 270 valence electrons. The Morgan fingerprint density at radius 1 is 0.833 bits per heavy atom. The number of anilines is 1. The summed E-state index contributed by atoms with van der Waals surface area (Å²) >= 11 is 0. The first kappa shape index (κ1) is 33.2. The summed E-state index contributed by atoms with van der Waals surface area (Å²) < 4.78 is 9.92. The van der Waals surface area contributed by atoms with E-state index in [1.807, 2.05) is 82.3 Å². The van der Waals surface area contributed by atoms with Crippen molar-refractivity contribution >= 4 is 40.5 Å². The first-order valence-electron chi connectivity index (χ1n) is 17.9. The fraction of sp³-hybridized carbons (Fsp3) is 0.225. The summed E-state index contributed by atoms with van der Waals surface area (Å²) in [5, 5.41) is 8.03. The van der Waals surface area contributed by atoms with E-state index < -0.39 is 29.7 Å². The van der Waals surface area contributed by atoms with Crippen LogP contribution in [0.4, 0.5) is 5.82 Å². The molecule has 3 aliphatic heterocycles. The second-order valence-electron chi connectivity index (χ2n) is 13.8. The number of hydrogen-bond acceptors (Lipinski definition) is 10. The number of fused-ring (bicyclic) bond motifs is 2. The number of nitrogens with one attached hydrogen (secondary N) is 1. The van der Waals surface area contributed by atoms with Gasteiger partial charge in [0.1, 0.15) is 35.4 Å². The maximum Gasteiger partial charge on any atom is 0.262 e. The van der Waals surface area contributed by atoms with E-state index in [-0.39, 0.29) is 30.0 Å². The lowest BCUT2D eigenvalue weighted by atomic mass is 10.0. The van der Waals surface area contributed by atoms with Crippen LogP contribution in [-0.2, 0) is 16.1 Å². The number of imide groups is 2. The minimum atomic E-state index is -1.00. The zero-order chi connectivity index (χ0) is 36.9. The molecule has 0 spiro atoms. The number of nitrogens with zero attached hydrogens (tertiary/aromatic N) is 7. The Bertz CT molecular complexity index is 2450. The van der Waals surface area contributed by atoms with E-state index in [0.29, 0.717) is 11.5 Å². The lowest BCUT2D eigenvalue weighted by Crippen LogP contribution is -2.54. The number of likely N-dealkylation sites (tertiary alicyclic amines) is 1. The van der Waals surface area contributed by atoms with E-state index in [2.05, 4.69) is 20.2 Å². The van der Waals surface area contributed by atoms with Crippen molar-refractivity contribution in [3.05, 3.63) is 114 Å². The summed E-state index contributed by atoms with van der Waals surface area (Å²) in [6.07, 6.45) is 7.38. The number of para-hydroxylation sites is 1. The number of aromatic nitrogens is 5. The van der Waals surface area contributed by atoms with Crippen LogP contribution in [0.3, 0.4) is 0 Å². The monoisotopic (exact) mass is 721 g/mol. The van der Waals surface area contributed by atoms with Gasteiger partial charge in [-0.05, 0) is 85.5 Å². The van der Waals surface area contributed by atoms with Crippen molar-refractivity contribution in [1.29, 1.82) is 0 Å². The number of nitrogen functional groups attached to an aromatic ring is 1. The van der Waals surface area contributed by atoms with Crippen LogP contribution in [0.5, 0.6) is 11.5 Å². The maximum absolute atomic E-state index is 13.3. The predicted octanol–water partition coefficient (Wildman–Crippen LogP) is 4.90. The number of carbonyl (C=O) groups excluding carboxylic acids is 4. The van der Waals surface area contributed by atoms with Crippen LogP contribution in [0.15, 0.2) is 97.6 Å².